The van der Waals surface area contributed by atoms with Crippen LogP contribution in [0.1, 0.15) is 28.2 Å². The molecule has 2 heterocycles. The van der Waals surface area contributed by atoms with Gasteiger partial charge in [0.25, 0.3) is 5.91 Å². The van der Waals surface area contributed by atoms with Gasteiger partial charge in [0.2, 0.25) is 0 Å². The lowest BCUT2D eigenvalue weighted by Gasteiger charge is -2.31. The van der Waals surface area contributed by atoms with Crippen molar-refractivity contribution < 1.29 is 4.79 Å². The molecule has 0 radical (unpaired) electrons. The maximum atomic E-state index is 12.7. The number of aromatic nitrogens is 1. The minimum Gasteiger partial charge on any atom is -0.339 e. The minimum atomic E-state index is 0.0979. The Bertz CT molecular complexity index is 661. The van der Waals surface area contributed by atoms with E-state index in [0.717, 1.165) is 47.8 Å². The average Bonchev–Trinajstić information content (AvgIpc) is 3.01. The summed E-state index contributed by atoms with van der Waals surface area (Å²) in [7, 11) is 1.91. The zero-order valence-corrected chi connectivity index (χ0v) is 13.8. The first-order chi connectivity index (χ1) is 10.6. The molecule has 0 aliphatic carbocycles. The van der Waals surface area contributed by atoms with Crippen molar-refractivity contribution in [3.63, 3.8) is 0 Å². The number of carbonyl (C=O) groups excluding carboxylic acids is 1. The summed E-state index contributed by atoms with van der Waals surface area (Å²) in [6, 6.07) is 8.12. The van der Waals surface area contributed by atoms with Gasteiger partial charge in [-0.25, -0.2) is 4.98 Å². The lowest BCUT2D eigenvalue weighted by atomic mass is 10.0. The number of hydrogen-bond donors (Lipinski definition) is 1. The number of thiazole rings is 1. The summed E-state index contributed by atoms with van der Waals surface area (Å²) in [5.41, 5.74) is 2.69. The summed E-state index contributed by atoms with van der Waals surface area (Å²) in [6.45, 7) is 3.97. The molecule has 1 aromatic carbocycles. The fourth-order valence-corrected chi connectivity index (χ4v) is 3.49. The monoisotopic (exact) mass is 315 g/mol. The van der Waals surface area contributed by atoms with E-state index in [1.165, 1.54) is 0 Å². The van der Waals surface area contributed by atoms with Crippen molar-refractivity contribution >= 4 is 17.2 Å². The van der Waals surface area contributed by atoms with Crippen LogP contribution in [0.3, 0.4) is 0 Å². The predicted octanol–water partition coefficient (Wildman–Crippen LogP) is 2.94. The van der Waals surface area contributed by atoms with Crippen molar-refractivity contribution in [2.75, 3.05) is 20.1 Å². The maximum Gasteiger partial charge on any atom is 0.253 e. The van der Waals surface area contributed by atoms with Gasteiger partial charge in [0, 0.05) is 29.6 Å². The van der Waals surface area contributed by atoms with E-state index in [9.17, 15) is 4.79 Å². The van der Waals surface area contributed by atoms with E-state index < -0.39 is 0 Å². The standard InChI is InChI=1S/C17H21N3OS/c1-12-19-16(11-22-12)13-4-3-5-14(10-13)17(21)20(2)15-6-8-18-9-7-15/h3-5,10-11,15,18H,6-9H2,1-2H3. The van der Waals surface area contributed by atoms with Gasteiger partial charge in [0.15, 0.2) is 0 Å². The predicted molar refractivity (Wildman–Crippen MR) is 90.3 cm³/mol. The number of benzene rings is 1. The molecule has 1 aliphatic heterocycles. The molecule has 0 saturated carbocycles. The van der Waals surface area contributed by atoms with Gasteiger partial charge in [-0.05, 0) is 45.0 Å². The van der Waals surface area contributed by atoms with Crippen LogP contribution in [0.2, 0.25) is 0 Å². The second-order valence-electron chi connectivity index (χ2n) is 5.73. The molecule has 0 atom stereocenters. The number of carbonyl (C=O) groups is 1. The van der Waals surface area contributed by atoms with E-state index in [4.69, 9.17) is 0 Å². The molecule has 0 bridgehead atoms. The Morgan fingerprint density at radius 2 is 2.14 bits per heavy atom. The largest absolute Gasteiger partial charge is 0.339 e. The molecule has 3 rings (SSSR count). The molecular weight excluding hydrogens is 294 g/mol. The molecule has 2 aromatic rings. The van der Waals surface area contributed by atoms with E-state index in [1.54, 1.807) is 11.3 Å². The zero-order valence-electron chi connectivity index (χ0n) is 13.0. The average molecular weight is 315 g/mol. The summed E-state index contributed by atoms with van der Waals surface area (Å²) >= 11 is 1.63. The molecule has 5 heteroatoms. The molecule has 4 nitrogen and oxygen atoms in total. The molecule has 22 heavy (non-hydrogen) atoms. The summed E-state index contributed by atoms with van der Waals surface area (Å²) < 4.78 is 0. The quantitative estimate of drug-likeness (QED) is 0.947. The number of hydrogen-bond acceptors (Lipinski definition) is 4. The van der Waals surface area contributed by atoms with E-state index in [0.29, 0.717) is 6.04 Å². The van der Waals surface area contributed by atoms with E-state index in [-0.39, 0.29) is 5.91 Å². The second-order valence-corrected chi connectivity index (χ2v) is 6.79. The molecule has 0 unspecified atom stereocenters. The van der Waals surface area contributed by atoms with Crippen LogP contribution in [-0.2, 0) is 0 Å². The Balaban J connectivity index is 1.80. The molecule has 116 valence electrons. The Labute approximate surface area is 135 Å². The third kappa shape index (κ3) is 3.20. The van der Waals surface area contributed by atoms with Crippen molar-refractivity contribution in [2.24, 2.45) is 0 Å². The molecule has 1 fully saturated rings. The first-order valence-electron chi connectivity index (χ1n) is 7.65. The zero-order chi connectivity index (χ0) is 15.5. The first kappa shape index (κ1) is 15.2. The van der Waals surface area contributed by atoms with Crippen LogP contribution in [0.25, 0.3) is 11.3 Å². The smallest absolute Gasteiger partial charge is 0.253 e. The molecule has 1 aromatic heterocycles. The Kier molecular flexibility index (Phi) is 4.55. The third-order valence-electron chi connectivity index (χ3n) is 4.20. The van der Waals surface area contributed by atoms with Gasteiger partial charge in [0.1, 0.15) is 0 Å². The molecule has 1 amide bonds. The summed E-state index contributed by atoms with van der Waals surface area (Å²) in [4.78, 5) is 19.1. The van der Waals surface area contributed by atoms with E-state index in [2.05, 4.69) is 10.3 Å². The number of nitrogens with one attached hydrogen (secondary N) is 1. The molecule has 1 saturated heterocycles. The first-order valence-corrected chi connectivity index (χ1v) is 8.53. The molecular formula is C17H21N3OS. The number of rotatable bonds is 3. The second kappa shape index (κ2) is 6.58. The van der Waals surface area contributed by atoms with Crippen LogP contribution in [0.15, 0.2) is 29.6 Å². The highest BCUT2D eigenvalue weighted by Gasteiger charge is 2.23. The van der Waals surface area contributed by atoms with Gasteiger partial charge >= 0.3 is 0 Å². The van der Waals surface area contributed by atoms with Crippen molar-refractivity contribution in [3.8, 4) is 11.3 Å². The van der Waals surface area contributed by atoms with Crippen molar-refractivity contribution in [3.05, 3.63) is 40.2 Å². The number of aryl methyl sites for hydroxylation is 1. The van der Waals surface area contributed by atoms with Gasteiger partial charge in [-0.15, -0.1) is 11.3 Å². The van der Waals surface area contributed by atoms with Gasteiger partial charge in [-0.2, -0.15) is 0 Å². The van der Waals surface area contributed by atoms with Gasteiger partial charge in [-0.1, -0.05) is 12.1 Å². The highest BCUT2D eigenvalue weighted by Crippen LogP contribution is 2.23. The van der Waals surface area contributed by atoms with Crippen molar-refractivity contribution in [1.82, 2.24) is 15.2 Å². The van der Waals surface area contributed by atoms with Crippen molar-refractivity contribution in [2.45, 2.75) is 25.8 Å². The van der Waals surface area contributed by atoms with Crippen LogP contribution >= 0.6 is 11.3 Å². The van der Waals surface area contributed by atoms with Crippen molar-refractivity contribution in [1.29, 1.82) is 0 Å². The van der Waals surface area contributed by atoms with E-state index in [1.807, 2.05) is 48.5 Å². The lowest BCUT2D eigenvalue weighted by Crippen LogP contribution is -2.43. The van der Waals surface area contributed by atoms with Gasteiger partial charge < -0.3 is 10.2 Å². The van der Waals surface area contributed by atoms with Crippen LogP contribution < -0.4 is 5.32 Å². The van der Waals surface area contributed by atoms with Crippen LogP contribution in [0.5, 0.6) is 0 Å². The topological polar surface area (TPSA) is 45.2 Å². The van der Waals surface area contributed by atoms with Crippen LogP contribution in [0.4, 0.5) is 0 Å². The normalized spacial score (nSPS) is 15.7. The van der Waals surface area contributed by atoms with E-state index >= 15 is 0 Å². The summed E-state index contributed by atoms with van der Waals surface area (Å²) in [5.74, 6) is 0.0979. The summed E-state index contributed by atoms with van der Waals surface area (Å²) in [5, 5.41) is 6.41. The van der Waals surface area contributed by atoms with Gasteiger partial charge in [0.05, 0.1) is 10.7 Å². The molecule has 1 aliphatic rings. The Hall–Kier alpha value is -1.72. The highest BCUT2D eigenvalue weighted by atomic mass is 32.1. The minimum absolute atomic E-state index is 0.0979. The summed E-state index contributed by atoms with van der Waals surface area (Å²) in [6.07, 6.45) is 2.04. The SMILES string of the molecule is Cc1nc(-c2cccc(C(=O)N(C)C3CCNCC3)c2)cs1. The molecule has 1 N–H and O–H groups in total. The maximum absolute atomic E-state index is 12.7. The fourth-order valence-electron chi connectivity index (χ4n) is 2.87. The lowest BCUT2D eigenvalue weighted by molar-refractivity contribution is 0.0703. The third-order valence-corrected chi connectivity index (χ3v) is 4.97. The number of piperidine rings is 1. The van der Waals surface area contributed by atoms with Gasteiger partial charge in [-0.3, -0.25) is 4.79 Å². The Morgan fingerprint density at radius 1 is 1.36 bits per heavy atom. The van der Waals surface area contributed by atoms with Crippen LogP contribution in [-0.4, -0.2) is 42.0 Å². The highest BCUT2D eigenvalue weighted by molar-refractivity contribution is 7.09. The number of amides is 1. The fraction of sp³-hybridized carbons (Fsp3) is 0.412. The number of nitrogens with zero attached hydrogens (tertiary/aromatic N) is 2. The Morgan fingerprint density at radius 3 is 2.82 bits per heavy atom. The molecule has 0 spiro atoms. The van der Waals surface area contributed by atoms with Crippen LogP contribution in [0, 0.1) is 6.92 Å².